The van der Waals surface area contributed by atoms with Gasteiger partial charge in [-0.2, -0.15) is 0 Å². The summed E-state index contributed by atoms with van der Waals surface area (Å²) in [6.45, 7) is 4.43. The molecule has 0 atom stereocenters. The van der Waals surface area contributed by atoms with E-state index in [-0.39, 0.29) is 0 Å². The number of para-hydroxylation sites is 2. The fraction of sp³-hybridized carbons (Fsp3) is 0.0217. The van der Waals surface area contributed by atoms with Crippen molar-refractivity contribution in [2.45, 2.75) is 6.54 Å². The second-order valence-electron chi connectivity index (χ2n) is 12.5. The zero-order valence-corrected chi connectivity index (χ0v) is 28.6. The molecule has 0 amide bonds. The lowest BCUT2D eigenvalue weighted by atomic mass is 9.99. The summed E-state index contributed by atoms with van der Waals surface area (Å²) in [5.74, 6) is 1.16. The van der Waals surface area contributed by atoms with E-state index in [1.807, 2.05) is 30.3 Å². The lowest BCUT2D eigenvalue weighted by Crippen LogP contribution is -2.07. The summed E-state index contributed by atoms with van der Waals surface area (Å²) >= 11 is 1.77. The average molecular weight is 673 g/mol. The fourth-order valence-electron chi connectivity index (χ4n) is 7.05. The predicted molar refractivity (Wildman–Crippen MR) is 218 cm³/mol. The first-order valence-corrected chi connectivity index (χ1v) is 17.8. The molecule has 0 radical (unpaired) electrons. The van der Waals surface area contributed by atoms with Gasteiger partial charge in [0.2, 0.25) is 0 Å². The van der Waals surface area contributed by atoms with Crippen molar-refractivity contribution < 1.29 is 0 Å². The average Bonchev–Trinajstić information content (AvgIpc) is 3.75. The largest absolute Gasteiger partial charge is 0.309 e. The highest BCUT2D eigenvalue weighted by atomic mass is 32.1. The van der Waals surface area contributed by atoms with Crippen molar-refractivity contribution in [3.8, 4) is 16.8 Å². The van der Waals surface area contributed by atoms with Crippen LogP contribution in [0.3, 0.4) is 0 Å². The molecule has 0 fully saturated rings. The van der Waals surface area contributed by atoms with Crippen LogP contribution in [0.4, 0.5) is 0 Å². The van der Waals surface area contributed by atoms with Gasteiger partial charge in [0.05, 0.1) is 17.6 Å². The monoisotopic (exact) mass is 672 g/mol. The summed E-state index contributed by atoms with van der Waals surface area (Å²) in [5, 5.41) is 4.93. The Morgan fingerprint density at radius 2 is 1.14 bits per heavy atom. The number of rotatable bonds is 6. The molecule has 4 nitrogen and oxygen atoms in total. The molecule has 0 bridgehead atoms. The standard InChI is InChI=1S/C46H32N4S/c1-47-45(39-20-6-5-16-34(39)32-14-3-2-4-15-32)49-46(40-22-13-21-38-37-19-9-12-25-43(37)51-44(38)40)48-30-31-26-28-33(29-27-31)50-41-23-10-7-17-35(41)36-18-8-11-24-42(36)50/h2-29H,1,30H2/b48-46-,49-45-. The van der Waals surface area contributed by atoms with Crippen molar-refractivity contribution in [3.63, 3.8) is 0 Å². The lowest BCUT2D eigenvalue weighted by molar-refractivity contribution is 1.06. The number of hydrogen-bond acceptors (Lipinski definition) is 2. The molecule has 242 valence electrons. The van der Waals surface area contributed by atoms with E-state index in [4.69, 9.17) is 9.98 Å². The van der Waals surface area contributed by atoms with E-state index in [0.29, 0.717) is 18.2 Å². The van der Waals surface area contributed by atoms with Crippen molar-refractivity contribution in [3.05, 3.63) is 187 Å². The van der Waals surface area contributed by atoms with E-state index >= 15 is 0 Å². The Hall–Kier alpha value is -6.43. The third-order valence-corrected chi connectivity index (χ3v) is 10.7. The van der Waals surface area contributed by atoms with Crippen LogP contribution in [0.1, 0.15) is 16.7 Å². The molecule has 51 heavy (non-hydrogen) atoms. The van der Waals surface area contributed by atoms with Gasteiger partial charge in [0.15, 0.2) is 11.7 Å². The van der Waals surface area contributed by atoms with Gasteiger partial charge >= 0.3 is 0 Å². The molecule has 0 aliphatic heterocycles. The Kier molecular flexibility index (Phi) is 7.88. The molecule has 0 aliphatic rings. The van der Waals surface area contributed by atoms with Gasteiger partial charge in [0.1, 0.15) is 0 Å². The third kappa shape index (κ3) is 5.54. The van der Waals surface area contributed by atoms with Gasteiger partial charge in [-0.1, -0.05) is 133 Å². The number of benzene rings is 7. The number of hydrogen-bond donors (Lipinski definition) is 0. The number of amidine groups is 2. The molecule has 2 aromatic heterocycles. The van der Waals surface area contributed by atoms with Crippen LogP contribution in [0.25, 0.3) is 58.8 Å². The van der Waals surface area contributed by atoms with Gasteiger partial charge in [-0.15, -0.1) is 11.3 Å². The van der Waals surface area contributed by atoms with Crippen molar-refractivity contribution in [2.24, 2.45) is 15.0 Å². The topological polar surface area (TPSA) is 42.0 Å². The maximum atomic E-state index is 5.23. The molecule has 0 unspecified atom stereocenters. The maximum Gasteiger partial charge on any atom is 0.161 e. The number of aliphatic imine (C=N–C) groups is 3. The highest BCUT2D eigenvalue weighted by Gasteiger charge is 2.17. The summed E-state index contributed by atoms with van der Waals surface area (Å²) in [6.07, 6.45) is 0. The van der Waals surface area contributed by atoms with Crippen LogP contribution >= 0.6 is 11.3 Å². The van der Waals surface area contributed by atoms with E-state index < -0.39 is 0 Å². The number of fused-ring (bicyclic) bond motifs is 6. The maximum absolute atomic E-state index is 5.23. The van der Waals surface area contributed by atoms with Crippen LogP contribution in [0, 0.1) is 0 Å². The minimum Gasteiger partial charge on any atom is -0.309 e. The lowest BCUT2D eigenvalue weighted by Gasteiger charge is -2.11. The Bertz CT molecular complexity index is 2730. The van der Waals surface area contributed by atoms with E-state index in [9.17, 15) is 0 Å². The molecule has 2 heterocycles. The number of nitrogens with zero attached hydrogens (tertiary/aromatic N) is 4. The zero-order chi connectivity index (χ0) is 34.1. The van der Waals surface area contributed by atoms with Crippen molar-refractivity contribution >= 4 is 71.7 Å². The van der Waals surface area contributed by atoms with E-state index in [0.717, 1.165) is 38.2 Å². The van der Waals surface area contributed by atoms with Crippen molar-refractivity contribution in [2.75, 3.05) is 0 Å². The zero-order valence-electron chi connectivity index (χ0n) is 27.8. The van der Waals surface area contributed by atoms with Gasteiger partial charge in [0, 0.05) is 47.8 Å². The van der Waals surface area contributed by atoms with E-state index in [1.165, 1.54) is 37.3 Å². The molecular weight excluding hydrogens is 641 g/mol. The van der Waals surface area contributed by atoms with Gasteiger partial charge < -0.3 is 4.57 Å². The van der Waals surface area contributed by atoms with Crippen molar-refractivity contribution in [1.82, 2.24) is 4.57 Å². The van der Waals surface area contributed by atoms with Gasteiger partial charge in [-0.3, -0.25) is 4.99 Å². The van der Waals surface area contributed by atoms with E-state index in [1.54, 1.807) is 11.3 Å². The molecule has 9 aromatic rings. The van der Waals surface area contributed by atoms with Gasteiger partial charge in [-0.25, -0.2) is 9.98 Å². The number of aromatic nitrogens is 1. The van der Waals surface area contributed by atoms with Crippen LogP contribution in [-0.4, -0.2) is 23.0 Å². The summed E-state index contributed by atoms with van der Waals surface area (Å²) in [6, 6.07) is 59.4. The Balaban J connectivity index is 1.16. The van der Waals surface area contributed by atoms with Crippen molar-refractivity contribution in [1.29, 1.82) is 0 Å². The molecule has 0 spiro atoms. The second-order valence-corrected chi connectivity index (χ2v) is 13.5. The number of thiophene rings is 1. The normalized spacial score (nSPS) is 12.3. The smallest absolute Gasteiger partial charge is 0.161 e. The predicted octanol–water partition coefficient (Wildman–Crippen LogP) is 11.9. The first-order valence-electron chi connectivity index (χ1n) is 17.0. The highest BCUT2D eigenvalue weighted by Crippen LogP contribution is 2.37. The molecule has 0 aliphatic carbocycles. The van der Waals surface area contributed by atoms with Gasteiger partial charge in [0.25, 0.3) is 0 Å². The summed E-state index contributed by atoms with van der Waals surface area (Å²) in [4.78, 5) is 15.0. The second kappa shape index (κ2) is 13.1. The van der Waals surface area contributed by atoms with Crippen LogP contribution in [0.15, 0.2) is 185 Å². The quantitative estimate of drug-likeness (QED) is 0.125. The molecule has 5 heteroatoms. The minimum atomic E-state index is 0.457. The first kappa shape index (κ1) is 30.6. The Morgan fingerprint density at radius 3 is 1.88 bits per heavy atom. The Morgan fingerprint density at radius 1 is 0.529 bits per heavy atom. The first-order chi connectivity index (χ1) is 25.3. The minimum absolute atomic E-state index is 0.457. The molecule has 0 saturated carbocycles. The SMILES string of the molecule is C=N/C(=N\C(=N/Cc1ccc(-n2c3ccccc3c3ccccc32)cc1)c1cccc2c1sc1ccccc12)c1ccccc1-c1ccccc1. The summed E-state index contributed by atoms with van der Waals surface area (Å²) < 4.78 is 4.73. The van der Waals surface area contributed by atoms with Gasteiger partial charge in [-0.05, 0) is 59.8 Å². The summed E-state index contributed by atoms with van der Waals surface area (Å²) in [5.41, 5.74) is 8.62. The van der Waals surface area contributed by atoms with Crippen LogP contribution in [-0.2, 0) is 6.54 Å². The molecule has 0 N–H and O–H groups in total. The molecule has 9 rings (SSSR count). The van der Waals surface area contributed by atoms with Crippen LogP contribution in [0.5, 0.6) is 0 Å². The molecule has 7 aromatic carbocycles. The summed E-state index contributed by atoms with van der Waals surface area (Å²) in [7, 11) is 0. The van der Waals surface area contributed by atoms with Crippen LogP contribution < -0.4 is 0 Å². The van der Waals surface area contributed by atoms with Crippen LogP contribution in [0.2, 0.25) is 0 Å². The molecule has 0 saturated heterocycles. The molecular formula is C46H32N4S. The van der Waals surface area contributed by atoms with E-state index in [2.05, 4.69) is 156 Å². The third-order valence-electron chi connectivity index (χ3n) is 9.45. The Labute approximate surface area is 300 Å². The fourth-order valence-corrected chi connectivity index (χ4v) is 8.26. The highest BCUT2D eigenvalue weighted by molar-refractivity contribution is 7.26.